The molecular weight excluding hydrogens is 180 g/mol. The number of nitrogens with one attached hydrogen (secondary N) is 1. The Morgan fingerprint density at radius 2 is 2.43 bits per heavy atom. The van der Waals surface area contributed by atoms with Gasteiger partial charge < -0.3 is 4.74 Å². The van der Waals surface area contributed by atoms with Crippen molar-refractivity contribution in [2.24, 2.45) is 12.9 Å². The number of hydrazine groups is 1. The molecule has 1 rings (SSSR count). The summed E-state index contributed by atoms with van der Waals surface area (Å²) in [5, 5.41) is 4.35. The SMILES string of the molecule is CCc1nn(C)cc1C(COC)NN. The molecule has 0 saturated heterocycles. The number of aryl methyl sites for hydroxylation is 2. The van der Waals surface area contributed by atoms with Crippen LogP contribution in [-0.2, 0) is 18.2 Å². The van der Waals surface area contributed by atoms with Crippen LogP contribution in [0.5, 0.6) is 0 Å². The van der Waals surface area contributed by atoms with E-state index >= 15 is 0 Å². The summed E-state index contributed by atoms with van der Waals surface area (Å²) in [6.45, 7) is 2.63. The second-order valence-electron chi connectivity index (χ2n) is 3.23. The number of ether oxygens (including phenoxy) is 1. The summed E-state index contributed by atoms with van der Waals surface area (Å²) in [5.74, 6) is 5.46. The average Bonchev–Trinajstić information content (AvgIpc) is 2.55. The summed E-state index contributed by atoms with van der Waals surface area (Å²) in [7, 11) is 3.56. The van der Waals surface area contributed by atoms with Crippen molar-refractivity contribution in [3.8, 4) is 0 Å². The fourth-order valence-electron chi connectivity index (χ4n) is 1.51. The summed E-state index contributed by atoms with van der Waals surface area (Å²) in [5.41, 5.74) is 4.90. The first kappa shape index (κ1) is 11.2. The monoisotopic (exact) mass is 198 g/mol. The van der Waals surface area contributed by atoms with Crippen LogP contribution in [0.1, 0.15) is 24.2 Å². The lowest BCUT2D eigenvalue weighted by molar-refractivity contribution is 0.167. The highest BCUT2D eigenvalue weighted by atomic mass is 16.5. The maximum absolute atomic E-state index is 5.46. The number of hydrogen-bond donors (Lipinski definition) is 2. The van der Waals surface area contributed by atoms with Crippen molar-refractivity contribution in [3.63, 3.8) is 0 Å². The predicted octanol–water partition coefficient (Wildman–Crippen LogP) is 0.133. The molecule has 80 valence electrons. The van der Waals surface area contributed by atoms with Crippen molar-refractivity contribution in [2.75, 3.05) is 13.7 Å². The zero-order valence-electron chi connectivity index (χ0n) is 8.95. The third-order valence-corrected chi connectivity index (χ3v) is 2.18. The first-order chi connectivity index (χ1) is 6.72. The van der Waals surface area contributed by atoms with E-state index in [4.69, 9.17) is 10.6 Å². The molecule has 0 aromatic carbocycles. The number of aromatic nitrogens is 2. The van der Waals surface area contributed by atoms with Crippen molar-refractivity contribution in [2.45, 2.75) is 19.4 Å². The molecule has 5 heteroatoms. The Labute approximate surface area is 84.2 Å². The van der Waals surface area contributed by atoms with Gasteiger partial charge in [0.25, 0.3) is 0 Å². The summed E-state index contributed by atoms with van der Waals surface area (Å²) < 4.78 is 6.88. The minimum atomic E-state index is 0.0173. The van der Waals surface area contributed by atoms with E-state index in [1.54, 1.807) is 11.8 Å². The first-order valence-corrected chi connectivity index (χ1v) is 4.70. The lowest BCUT2D eigenvalue weighted by Gasteiger charge is -2.14. The van der Waals surface area contributed by atoms with E-state index in [-0.39, 0.29) is 6.04 Å². The summed E-state index contributed by atoms with van der Waals surface area (Å²) in [4.78, 5) is 0. The van der Waals surface area contributed by atoms with Gasteiger partial charge >= 0.3 is 0 Å². The molecule has 1 aromatic rings. The van der Waals surface area contributed by atoms with Gasteiger partial charge in [0.1, 0.15) is 0 Å². The van der Waals surface area contributed by atoms with E-state index in [1.807, 2.05) is 13.2 Å². The lowest BCUT2D eigenvalue weighted by atomic mass is 10.1. The molecule has 1 aromatic heterocycles. The van der Waals surface area contributed by atoms with Crippen molar-refractivity contribution < 1.29 is 4.74 Å². The van der Waals surface area contributed by atoms with E-state index in [9.17, 15) is 0 Å². The molecular formula is C9H18N4O. The molecule has 5 nitrogen and oxygen atoms in total. The molecule has 0 saturated carbocycles. The van der Waals surface area contributed by atoms with E-state index in [1.165, 1.54) is 0 Å². The maximum atomic E-state index is 5.46. The predicted molar refractivity (Wildman–Crippen MR) is 54.5 cm³/mol. The highest BCUT2D eigenvalue weighted by Gasteiger charge is 2.15. The van der Waals surface area contributed by atoms with E-state index < -0.39 is 0 Å². The molecule has 0 fully saturated rings. The third-order valence-electron chi connectivity index (χ3n) is 2.18. The molecule has 0 aliphatic rings. The zero-order valence-corrected chi connectivity index (χ0v) is 8.95. The zero-order chi connectivity index (χ0) is 10.6. The Bertz CT molecular complexity index is 284. The van der Waals surface area contributed by atoms with Gasteiger partial charge in [-0.25, -0.2) is 0 Å². The molecule has 0 aliphatic carbocycles. The molecule has 14 heavy (non-hydrogen) atoms. The second-order valence-corrected chi connectivity index (χ2v) is 3.23. The molecule has 0 amide bonds. The number of nitrogens with two attached hydrogens (primary N) is 1. The third kappa shape index (κ3) is 2.31. The Morgan fingerprint density at radius 3 is 2.93 bits per heavy atom. The standard InChI is InChI=1S/C9H18N4O/c1-4-8-7(5-13(2)12-8)9(11-10)6-14-3/h5,9,11H,4,6,10H2,1-3H3. The second kappa shape index (κ2) is 5.09. The van der Waals surface area contributed by atoms with Gasteiger partial charge in [-0.2, -0.15) is 5.10 Å². The van der Waals surface area contributed by atoms with Gasteiger partial charge in [0.2, 0.25) is 0 Å². The largest absolute Gasteiger partial charge is 0.383 e. The van der Waals surface area contributed by atoms with Crippen molar-refractivity contribution in [1.82, 2.24) is 15.2 Å². The van der Waals surface area contributed by atoms with Crippen LogP contribution in [0.3, 0.4) is 0 Å². The van der Waals surface area contributed by atoms with Gasteiger partial charge in [0.15, 0.2) is 0 Å². The number of rotatable bonds is 5. The van der Waals surface area contributed by atoms with Crippen LogP contribution in [-0.4, -0.2) is 23.5 Å². The number of nitrogens with zero attached hydrogens (tertiary/aromatic N) is 2. The van der Waals surface area contributed by atoms with Crippen LogP contribution in [0.4, 0.5) is 0 Å². The Balaban J connectivity index is 2.89. The average molecular weight is 198 g/mol. The quantitative estimate of drug-likeness (QED) is 0.521. The van der Waals surface area contributed by atoms with Crippen molar-refractivity contribution >= 4 is 0 Å². The molecule has 3 N–H and O–H groups in total. The van der Waals surface area contributed by atoms with Gasteiger partial charge in [0.05, 0.1) is 18.3 Å². The summed E-state index contributed by atoms with van der Waals surface area (Å²) in [6, 6.07) is 0.0173. The van der Waals surface area contributed by atoms with Crippen LogP contribution < -0.4 is 11.3 Å². The molecule has 0 spiro atoms. The minimum absolute atomic E-state index is 0.0173. The normalized spacial score (nSPS) is 13.1. The maximum Gasteiger partial charge on any atom is 0.0727 e. The molecule has 1 unspecified atom stereocenters. The van der Waals surface area contributed by atoms with Crippen LogP contribution >= 0.6 is 0 Å². The van der Waals surface area contributed by atoms with Crippen molar-refractivity contribution in [3.05, 3.63) is 17.5 Å². The smallest absolute Gasteiger partial charge is 0.0727 e. The van der Waals surface area contributed by atoms with E-state index in [0.29, 0.717) is 6.61 Å². The van der Waals surface area contributed by atoms with E-state index in [2.05, 4.69) is 17.4 Å². The summed E-state index contributed by atoms with van der Waals surface area (Å²) >= 11 is 0. The minimum Gasteiger partial charge on any atom is -0.383 e. The molecule has 1 heterocycles. The molecule has 0 bridgehead atoms. The summed E-state index contributed by atoms with van der Waals surface area (Å²) in [6.07, 6.45) is 2.88. The fraction of sp³-hybridized carbons (Fsp3) is 0.667. The van der Waals surface area contributed by atoms with Gasteiger partial charge in [-0.1, -0.05) is 6.92 Å². The van der Waals surface area contributed by atoms with Gasteiger partial charge in [0, 0.05) is 25.9 Å². The van der Waals surface area contributed by atoms with Gasteiger partial charge in [-0.15, -0.1) is 0 Å². The van der Waals surface area contributed by atoms with Crippen LogP contribution in [0, 0.1) is 0 Å². The van der Waals surface area contributed by atoms with E-state index in [0.717, 1.165) is 17.7 Å². The first-order valence-electron chi connectivity index (χ1n) is 4.70. The number of hydrogen-bond acceptors (Lipinski definition) is 4. The molecule has 0 aliphatic heterocycles. The van der Waals surface area contributed by atoms with Crippen molar-refractivity contribution in [1.29, 1.82) is 0 Å². The number of methoxy groups -OCH3 is 1. The fourth-order valence-corrected chi connectivity index (χ4v) is 1.51. The highest BCUT2D eigenvalue weighted by molar-refractivity contribution is 5.21. The van der Waals surface area contributed by atoms with Crippen LogP contribution in [0.25, 0.3) is 0 Å². The molecule has 1 atom stereocenters. The highest BCUT2D eigenvalue weighted by Crippen LogP contribution is 2.16. The Morgan fingerprint density at radius 1 is 1.71 bits per heavy atom. The Kier molecular flexibility index (Phi) is 4.06. The Hall–Kier alpha value is -0.910. The topological polar surface area (TPSA) is 65.1 Å². The molecule has 0 radical (unpaired) electrons. The van der Waals surface area contributed by atoms with Crippen LogP contribution in [0.2, 0.25) is 0 Å². The van der Waals surface area contributed by atoms with Gasteiger partial charge in [-0.05, 0) is 6.42 Å². The lowest BCUT2D eigenvalue weighted by Crippen LogP contribution is -2.31. The van der Waals surface area contributed by atoms with Crippen LogP contribution in [0.15, 0.2) is 6.20 Å². The van der Waals surface area contributed by atoms with Gasteiger partial charge in [-0.3, -0.25) is 16.0 Å².